The second-order valence-corrected chi connectivity index (χ2v) is 7.19. The van der Waals surface area contributed by atoms with Gasteiger partial charge in [-0.05, 0) is 37.5 Å². The third kappa shape index (κ3) is 5.04. The summed E-state index contributed by atoms with van der Waals surface area (Å²) in [5, 5.41) is 2.90. The Labute approximate surface area is 171 Å². The number of ether oxygens (including phenoxy) is 2. The number of hydrogen-bond donors (Lipinski definition) is 1. The number of nitrogens with one attached hydrogen (secondary N) is 1. The molecular weight excluding hydrogens is 370 g/mol. The third-order valence-electron chi connectivity index (χ3n) is 5.23. The summed E-state index contributed by atoms with van der Waals surface area (Å²) in [6, 6.07) is 9.16. The number of benzene rings is 1. The molecule has 2 aromatic rings. The largest absolute Gasteiger partial charge is 0.497 e. The minimum atomic E-state index is -0.244. The van der Waals surface area contributed by atoms with Crippen LogP contribution in [0.15, 0.2) is 36.5 Å². The van der Waals surface area contributed by atoms with Gasteiger partial charge < -0.3 is 19.7 Å². The zero-order chi connectivity index (χ0) is 20.8. The van der Waals surface area contributed by atoms with E-state index in [4.69, 9.17) is 9.47 Å². The first-order chi connectivity index (χ1) is 14.0. The van der Waals surface area contributed by atoms with E-state index in [0.29, 0.717) is 30.4 Å². The van der Waals surface area contributed by atoms with Crippen molar-refractivity contribution in [2.75, 3.05) is 32.6 Å². The monoisotopic (exact) mass is 397 g/mol. The van der Waals surface area contributed by atoms with Crippen LogP contribution in [0.2, 0.25) is 0 Å². The summed E-state index contributed by atoms with van der Waals surface area (Å²) < 4.78 is 10.6. The number of nitrogens with zero attached hydrogens (tertiary/aromatic N) is 2. The molecule has 1 N–H and O–H groups in total. The van der Waals surface area contributed by atoms with Crippen LogP contribution >= 0.6 is 0 Å². The molecule has 1 fully saturated rings. The molecule has 0 spiro atoms. The molecule has 1 atom stereocenters. The first kappa shape index (κ1) is 20.6. The predicted molar refractivity (Wildman–Crippen MR) is 110 cm³/mol. The van der Waals surface area contributed by atoms with Gasteiger partial charge in [0.25, 0.3) is 0 Å². The Morgan fingerprint density at radius 3 is 2.79 bits per heavy atom. The minimum absolute atomic E-state index is 0.0139. The summed E-state index contributed by atoms with van der Waals surface area (Å²) in [5.41, 5.74) is 1.71. The molecule has 7 nitrogen and oxygen atoms in total. The summed E-state index contributed by atoms with van der Waals surface area (Å²) in [4.78, 5) is 31.5. The highest BCUT2D eigenvalue weighted by Gasteiger charge is 2.29. The molecule has 3 rings (SSSR count). The normalized spacial score (nSPS) is 16.2. The Bertz CT molecular complexity index is 884. The summed E-state index contributed by atoms with van der Waals surface area (Å²) in [7, 11) is 3.16. The number of likely N-dealkylation sites (tertiary alicyclic amines) is 1. The highest BCUT2D eigenvalue weighted by molar-refractivity contribution is 5.93. The molecule has 1 aliphatic heterocycles. The number of carbonyl (C=O) groups is 2. The molecule has 2 heterocycles. The Morgan fingerprint density at radius 2 is 2.07 bits per heavy atom. The van der Waals surface area contributed by atoms with Crippen molar-refractivity contribution in [3.05, 3.63) is 47.7 Å². The maximum absolute atomic E-state index is 12.9. The molecule has 0 saturated carbocycles. The van der Waals surface area contributed by atoms with Crippen molar-refractivity contribution in [2.45, 2.75) is 26.2 Å². The number of hydrogen-bond acceptors (Lipinski definition) is 5. The SMILES string of the molecule is COc1ccc(CC(=O)N2CCCC(C(=O)Nc3ncccc3C)C2)c(OC)c1. The molecular formula is C22H27N3O4. The van der Waals surface area contributed by atoms with E-state index in [1.807, 2.05) is 31.2 Å². The average molecular weight is 397 g/mol. The van der Waals surface area contributed by atoms with Crippen molar-refractivity contribution >= 4 is 17.6 Å². The van der Waals surface area contributed by atoms with Gasteiger partial charge >= 0.3 is 0 Å². The van der Waals surface area contributed by atoms with Gasteiger partial charge in [0.2, 0.25) is 11.8 Å². The number of rotatable bonds is 6. The van der Waals surface area contributed by atoms with Crippen LogP contribution in [0.25, 0.3) is 0 Å². The van der Waals surface area contributed by atoms with Crippen LogP contribution in [0.3, 0.4) is 0 Å². The number of carbonyl (C=O) groups excluding carboxylic acids is 2. The molecule has 154 valence electrons. The topological polar surface area (TPSA) is 80.8 Å². The minimum Gasteiger partial charge on any atom is -0.497 e. The number of piperidine rings is 1. The van der Waals surface area contributed by atoms with Gasteiger partial charge in [0.15, 0.2) is 0 Å². The van der Waals surface area contributed by atoms with Crippen LogP contribution in [0.5, 0.6) is 11.5 Å². The number of aryl methyl sites for hydroxylation is 1. The van der Waals surface area contributed by atoms with Crippen molar-refractivity contribution in [2.24, 2.45) is 5.92 Å². The molecule has 1 aliphatic rings. The predicted octanol–water partition coefficient (Wildman–Crippen LogP) is 2.83. The Hall–Kier alpha value is -3.09. The summed E-state index contributed by atoms with van der Waals surface area (Å²) >= 11 is 0. The van der Waals surface area contributed by atoms with Crippen LogP contribution in [0.4, 0.5) is 5.82 Å². The molecule has 7 heteroatoms. The van der Waals surface area contributed by atoms with Crippen molar-refractivity contribution in [1.82, 2.24) is 9.88 Å². The van der Waals surface area contributed by atoms with Crippen LogP contribution in [0.1, 0.15) is 24.0 Å². The highest BCUT2D eigenvalue weighted by Crippen LogP contribution is 2.26. The van der Waals surface area contributed by atoms with Gasteiger partial charge in [0.05, 0.1) is 26.6 Å². The van der Waals surface area contributed by atoms with Gasteiger partial charge in [0, 0.05) is 30.9 Å². The van der Waals surface area contributed by atoms with Gasteiger partial charge in [-0.3, -0.25) is 9.59 Å². The first-order valence-corrected chi connectivity index (χ1v) is 9.73. The molecule has 0 bridgehead atoms. The fourth-order valence-electron chi connectivity index (χ4n) is 3.53. The number of methoxy groups -OCH3 is 2. The van der Waals surface area contributed by atoms with Gasteiger partial charge in [-0.2, -0.15) is 0 Å². The van der Waals surface area contributed by atoms with Crippen LogP contribution in [0, 0.1) is 12.8 Å². The summed E-state index contributed by atoms with van der Waals surface area (Å²) in [6.07, 6.45) is 3.43. The van der Waals surface area contributed by atoms with Crippen molar-refractivity contribution in [1.29, 1.82) is 0 Å². The molecule has 0 aliphatic carbocycles. The summed E-state index contributed by atoms with van der Waals surface area (Å²) in [6.45, 7) is 2.97. The van der Waals surface area contributed by atoms with E-state index in [9.17, 15) is 9.59 Å². The number of amides is 2. The number of pyridine rings is 1. The Balaban J connectivity index is 1.63. The maximum atomic E-state index is 12.9. The quantitative estimate of drug-likeness (QED) is 0.811. The lowest BCUT2D eigenvalue weighted by Crippen LogP contribution is -2.44. The zero-order valence-electron chi connectivity index (χ0n) is 17.1. The molecule has 0 radical (unpaired) electrons. The van der Waals surface area contributed by atoms with Crippen molar-refractivity contribution in [3.8, 4) is 11.5 Å². The van der Waals surface area contributed by atoms with E-state index >= 15 is 0 Å². The van der Waals surface area contributed by atoms with Crippen molar-refractivity contribution < 1.29 is 19.1 Å². The lowest BCUT2D eigenvalue weighted by atomic mass is 9.96. The fourth-order valence-corrected chi connectivity index (χ4v) is 3.53. The molecule has 1 aromatic carbocycles. The molecule has 1 aromatic heterocycles. The lowest BCUT2D eigenvalue weighted by molar-refractivity contribution is -0.134. The van der Waals surface area contributed by atoms with Gasteiger partial charge in [-0.15, -0.1) is 0 Å². The molecule has 29 heavy (non-hydrogen) atoms. The second kappa shape index (κ2) is 9.41. The lowest BCUT2D eigenvalue weighted by Gasteiger charge is -2.32. The Kier molecular flexibility index (Phi) is 6.69. The third-order valence-corrected chi connectivity index (χ3v) is 5.23. The van der Waals surface area contributed by atoms with E-state index in [2.05, 4.69) is 10.3 Å². The molecule has 1 unspecified atom stereocenters. The first-order valence-electron chi connectivity index (χ1n) is 9.73. The van der Waals surface area contributed by atoms with Crippen LogP contribution in [-0.4, -0.2) is 49.0 Å². The van der Waals surface area contributed by atoms with E-state index in [-0.39, 0.29) is 24.2 Å². The van der Waals surface area contributed by atoms with Crippen LogP contribution < -0.4 is 14.8 Å². The number of aromatic nitrogens is 1. The molecule has 2 amide bonds. The van der Waals surface area contributed by atoms with Gasteiger partial charge in [-0.25, -0.2) is 4.98 Å². The zero-order valence-corrected chi connectivity index (χ0v) is 17.1. The molecule has 1 saturated heterocycles. The Morgan fingerprint density at radius 1 is 1.24 bits per heavy atom. The van der Waals surface area contributed by atoms with E-state index < -0.39 is 0 Å². The maximum Gasteiger partial charge on any atom is 0.230 e. The van der Waals surface area contributed by atoms with E-state index in [0.717, 1.165) is 24.0 Å². The second-order valence-electron chi connectivity index (χ2n) is 7.19. The van der Waals surface area contributed by atoms with Crippen LogP contribution in [-0.2, 0) is 16.0 Å². The van der Waals surface area contributed by atoms with E-state index in [1.54, 1.807) is 31.4 Å². The van der Waals surface area contributed by atoms with Crippen molar-refractivity contribution in [3.63, 3.8) is 0 Å². The highest BCUT2D eigenvalue weighted by atomic mass is 16.5. The average Bonchev–Trinajstić information content (AvgIpc) is 2.75. The fraction of sp³-hybridized carbons (Fsp3) is 0.409. The standard InChI is InChI=1S/C22H27N3O4/c1-15-6-4-10-23-21(15)24-22(27)17-7-5-11-25(14-17)20(26)12-16-8-9-18(28-2)13-19(16)29-3/h4,6,8-10,13,17H,5,7,11-12,14H2,1-3H3,(H,23,24,27). The smallest absolute Gasteiger partial charge is 0.230 e. The number of anilines is 1. The van der Waals surface area contributed by atoms with Gasteiger partial charge in [0.1, 0.15) is 17.3 Å². The summed E-state index contributed by atoms with van der Waals surface area (Å²) in [5.74, 6) is 1.52. The van der Waals surface area contributed by atoms with Gasteiger partial charge in [-0.1, -0.05) is 12.1 Å². The van der Waals surface area contributed by atoms with E-state index in [1.165, 1.54) is 0 Å².